The van der Waals surface area contributed by atoms with Crippen LogP contribution in [0.15, 0.2) is 82.2 Å². The van der Waals surface area contributed by atoms with Crippen LogP contribution in [-0.4, -0.2) is 50.9 Å². The number of carbonyl (C=O) groups is 2. The molecule has 220 valence electrons. The maximum absolute atomic E-state index is 13.9. The highest BCUT2D eigenvalue weighted by Crippen LogP contribution is 2.26. The normalized spacial score (nSPS) is 11.9. The van der Waals surface area contributed by atoms with Gasteiger partial charge in [0.2, 0.25) is 11.8 Å². The van der Waals surface area contributed by atoms with Gasteiger partial charge in [0.1, 0.15) is 24.2 Å². The summed E-state index contributed by atoms with van der Waals surface area (Å²) in [5.41, 5.74) is 0.861. The van der Waals surface area contributed by atoms with Crippen LogP contribution in [0, 0.1) is 5.82 Å². The van der Waals surface area contributed by atoms with E-state index in [0.29, 0.717) is 18.9 Å². The molecule has 8 nitrogen and oxygen atoms in total. The molecule has 1 atom stereocenters. The van der Waals surface area contributed by atoms with Crippen molar-refractivity contribution in [3.05, 3.63) is 88.6 Å². The average Bonchev–Trinajstić information content (AvgIpc) is 2.95. The van der Waals surface area contributed by atoms with Gasteiger partial charge in [0.15, 0.2) is 0 Å². The quantitative estimate of drug-likeness (QED) is 0.233. The highest BCUT2D eigenvalue weighted by molar-refractivity contribution is 9.10. The number of hydrogen-bond acceptors (Lipinski definition) is 5. The largest absolute Gasteiger partial charge is 0.494 e. The first-order valence-electron chi connectivity index (χ1n) is 13.4. The van der Waals surface area contributed by atoms with Crippen molar-refractivity contribution in [1.82, 2.24) is 10.2 Å². The average molecular weight is 649 g/mol. The Morgan fingerprint density at radius 1 is 1.02 bits per heavy atom. The molecule has 0 aliphatic carbocycles. The predicted octanol–water partition coefficient (Wildman–Crippen LogP) is 5.52. The van der Waals surface area contributed by atoms with E-state index in [1.807, 2.05) is 38.1 Å². The number of ether oxygens (including phenoxy) is 1. The fourth-order valence-corrected chi connectivity index (χ4v) is 5.95. The van der Waals surface area contributed by atoms with E-state index in [4.69, 9.17) is 4.74 Å². The predicted molar refractivity (Wildman–Crippen MR) is 161 cm³/mol. The summed E-state index contributed by atoms with van der Waals surface area (Å²) >= 11 is 3.43. The first kappa shape index (κ1) is 32.1. The van der Waals surface area contributed by atoms with Crippen LogP contribution in [0.1, 0.15) is 39.2 Å². The molecular formula is C30H35BrFN3O5S. The fraction of sp³-hybridized carbons (Fsp3) is 0.333. The third kappa shape index (κ3) is 8.77. The van der Waals surface area contributed by atoms with Gasteiger partial charge in [0.25, 0.3) is 10.0 Å². The molecule has 0 radical (unpaired) electrons. The molecule has 0 aliphatic heterocycles. The molecule has 2 amide bonds. The van der Waals surface area contributed by atoms with E-state index in [1.54, 1.807) is 6.92 Å². The van der Waals surface area contributed by atoms with E-state index in [-0.39, 0.29) is 23.0 Å². The molecule has 0 saturated heterocycles. The van der Waals surface area contributed by atoms with Crippen molar-refractivity contribution in [3.8, 4) is 5.75 Å². The lowest BCUT2D eigenvalue weighted by Crippen LogP contribution is -2.51. The second kappa shape index (κ2) is 15.0. The van der Waals surface area contributed by atoms with Crippen molar-refractivity contribution in [3.63, 3.8) is 0 Å². The minimum atomic E-state index is -4.27. The van der Waals surface area contributed by atoms with E-state index >= 15 is 0 Å². The summed E-state index contributed by atoms with van der Waals surface area (Å²) in [6.45, 7) is 5.78. The Kier molecular flexibility index (Phi) is 11.7. The standard InChI is InChI=1S/C30H35BrFN3O5S/c1-4-6-18-33-30(37)22(3)34(20-23-8-7-9-24(31)19-23)29(36)21-35(26-12-10-25(32)11-13-26)41(38,39)28-16-14-27(15-17-28)40-5-2/h7-17,19,22H,4-6,18,20-21H2,1-3H3,(H,33,37)/t22-/m1/s1. The monoisotopic (exact) mass is 647 g/mol. The van der Waals surface area contributed by atoms with E-state index in [1.165, 1.54) is 41.3 Å². The number of halogens is 2. The molecule has 3 aromatic rings. The lowest BCUT2D eigenvalue weighted by atomic mass is 10.1. The Labute approximate surface area is 249 Å². The number of sulfonamides is 1. The third-order valence-corrected chi connectivity index (χ3v) is 8.64. The van der Waals surface area contributed by atoms with Gasteiger partial charge in [-0.1, -0.05) is 41.4 Å². The Hall–Kier alpha value is -3.44. The smallest absolute Gasteiger partial charge is 0.264 e. The molecule has 0 aliphatic rings. The van der Waals surface area contributed by atoms with Gasteiger partial charge in [0.05, 0.1) is 17.2 Å². The first-order chi connectivity index (χ1) is 19.6. The van der Waals surface area contributed by atoms with Crippen LogP contribution in [0.5, 0.6) is 5.75 Å². The van der Waals surface area contributed by atoms with Crippen LogP contribution < -0.4 is 14.4 Å². The van der Waals surface area contributed by atoms with Gasteiger partial charge >= 0.3 is 0 Å². The lowest BCUT2D eigenvalue weighted by Gasteiger charge is -2.32. The second-order valence-corrected chi connectivity index (χ2v) is 12.1. The van der Waals surface area contributed by atoms with Crippen LogP contribution in [0.4, 0.5) is 10.1 Å². The molecule has 0 spiro atoms. The maximum atomic E-state index is 13.9. The number of benzene rings is 3. The van der Waals surface area contributed by atoms with E-state index in [2.05, 4.69) is 21.2 Å². The molecular weight excluding hydrogens is 613 g/mol. The topological polar surface area (TPSA) is 96.0 Å². The zero-order valence-electron chi connectivity index (χ0n) is 23.3. The second-order valence-electron chi connectivity index (χ2n) is 9.36. The zero-order chi connectivity index (χ0) is 30.0. The van der Waals surface area contributed by atoms with Crippen molar-refractivity contribution in [2.75, 3.05) is 24.0 Å². The van der Waals surface area contributed by atoms with Gasteiger partial charge in [-0.25, -0.2) is 12.8 Å². The number of rotatable bonds is 14. The highest BCUT2D eigenvalue weighted by Gasteiger charge is 2.32. The molecule has 0 bridgehead atoms. The van der Waals surface area contributed by atoms with Crippen LogP contribution in [0.2, 0.25) is 0 Å². The molecule has 0 heterocycles. The third-order valence-electron chi connectivity index (χ3n) is 6.36. The Balaban J connectivity index is 1.99. The van der Waals surface area contributed by atoms with Crippen LogP contribution in [0.3, 0.4) is 0 Å². The summed E-state index contributed by atoms with van der Waals surface area (Å²) in [5.74, 6) is -0.988. The molecule has 0 fully saturated rings. The summed E-state index contributed by atoms with van der Waals surface area (Å²) in [4.78, 5) is 28.2. The van der Waals surface area contributed by atoms with E-state index in [0.717, 1.165) is 39.3 Å². The summed E-state index contributed by atoms with van der Waals surface area (Å²) < 4.78 is 48.6. The summed E-state index contributed by atoms with van der Waals surface area (Å²) in [5, 5.41) is 2.85. The fourth-order valence-electron chi connectivity index (χ4n) is 4.09. The minimum Gasteiger partial charge on any atom is -0.494 e. The molecule has 3 aromatic carbocycles. The van der Waals surface area contributed by atoms with Crippen molar-refractivity contribution in [2.24, 2.45) is 0 Å². The number of nitrogens with zero attached hydrogens (tertiary/aromatic N) is 2. The number of carbonyl (C=O) groups excluding carboxylic acids is 2. The van der Waals surface area contributed by atoms with Gasteiger partial charge in [-0.15, -0.1) is 0 Å². The Bertz CT molecular complexity index is 1420. The summed E-state index contributed by atoms with van der Waals surface area (Å²) in [7, 11) is -4.27. The van der Waals surface area contributed by atoms with Crippen molar-refractivity contribution < 1.29 is 27.1 Å². The number of anilines is 1. The van der Waals surface area contributed by atoms with Crippen molar-refractivity contribution in [1.29, 1.82) is 0 Å². The van der Waals surface area contributed by atoms with Gasteiger partial charge in [-0.05, 0) is 86.5 Å². The van der Waals surface area contributed by atoms with Crippen molar-refractivity contribution >= 4 is 43.5 Å². The zero-order valence-corrected chi connectivity index (χ0v) is 25.8. The lowest BCUT2D eigenvalue weighted by molar-refractivity contribution is -0.139. The number of nitrogens with one attached hydrogen (secondary N) is 1. The molecule has 0 aromatic heterocycles. The van der Waals surface area contributed by atoms with Gasteiger partial charge in [-0.2, -0.15) is 0 Å². The molecule has 0 saturated carbocycles. The minimum absolute atomic E-state index is 0.0676. The van der Waals surface area contributed by atoms with E-state index < -0.39 is 34.3 Å². The summed E-state index contributed by atoms with van der Waals surface area (Å²) in [6.07, 6.45) is 1.68. The highest BCUT2D eigenvalue weighted by atomic mass is 79.9. The van der Waals surface area contributed by atoms with E-state index in [9.17, 15) is 22.4 Å². The first-order valence-corrected chi connectivity index (χ1v) is 15.6. The van der Waals surface area contributed by atoms with Crippen LogP contribution in [0.25, 0.3) is 0 Å². The number of amides is 2. The maximum Gasteiger partial charge on any atom is 0.264 e. The van der Waals surface area contributed by atoms with Crippen LogP contribution in [-0.2, 0) is 26.2 Å². The molecule has 3 rings (SSSR count). The van der Waals surface area contributed by atoms with Crippen molar-refractivity contribution in [2.45, 2.75) is 51.1 Å². The Morgan fingerprint density at radius 2 is 1.71 bits per heavy atom. The summed E-state index contributed by atoms with van der Waals surface area (Å²) in [6, 6.07) is 17.1. The molecule has 41 heavy (non-hydrogen) atoms. The van der Waals surface area contributed by atoms with Crippen LogP contribution >= 0.6 is 15.9 Å². The van der Waals surface area contributed by atoms with Gasteiger partial charge in [-0.3, -0.25) is 13.9 Å². The molecule has 1 N–H and O–H groups in total. The molecule has 11 heteroatoms. The number of hydrogen-bond donors (Lipinski definition) is 1. The SMILES string of the molecule is CCCCNC(=O)[C@@H](C)N(Cc1cccc(Br)c1)C(=O)CN(c1ccc(F)cc1)S(=O)(=O)c1ccc(OCC)cc1. The van der Waals surface area contributed by atoms with Gasteiger partial charge < -0.3 is 15.0 Å². The van der Waals surface area contributed by atoms with Gasteiger partial charge in [0, 0.05) is 17.6 Å². The Morgan fingerprint density at radius 3 is 2.32 bits per heavy atom. The number of unbranched alkanes of at least 4 members (excludes halogenated alkanes) is 1. The molecule has 0 unspecified atom stereocenters.